The van der Waals surface area contributed by atoms with Crippen molar-refractivity contribution in [2.75, 3.05) is 23.8 Å². The first-order valence-corrected chi connectivity index (χ1v) is 8.81. The van der Waals surface area contributed by atoms with Crippen molar-refractivity contribution in [3.63, 3.8) is 0 Å². The highest BCUT2D eigenvalue weighted by Crippen LogP contribution is 2.19. The Morgan fingerprint density at radius 2 is 1.89 bits per heavy atom. The Bertz CT molecular complexity index is 815. The zero-order chi connectivity index (χ0) is 17.9. The molecule has 2 aromatic rings. The monoisotopic (exact) mass is 391 g/mol. The van der Waals surface area contributed by atoms with Crippen molar-refractivity contribution >= 4 is 35.6 Å². The minimum absolute atomic E-state index is 0. The molecule has 1 saturated heterocycles. The largest absolute Gasteiger partial charge is 0.368 e. The van der Waals surface area contributed by atoms with Crippen LogP contribution in [-0.4, -0.2) is 41.3 Å². The van der Waals surface area contributed by atoms with Gasteiger partial charge in [-0.3, -0.25) is 14.7 Å². The molecule has 0 saturated carbocycles. The molecule has 144 valence electrons. The molecule has 0 spiro atoms. The van der Waals surface area contributed by atoms with Gasteiger partial charge in [-0.15, -0.1) is 12.4 Å². The number of hydrogen-bond donors (Lipinski definition) is 4. The maximum atomic E-state index is 12.5. The molecule has 2 aliphatic rings. The van der Waals surface area contributed by atoms with Crippen LogP contribution < -0.4 is 16.0 Å². The van der Waals surface area contributed by atoms with Crippen LogP contribution in [0.1, 0.15) is 34.6 Å². The van der Waals surface area contributed by atoms with Gasteiger partial charge in [-0.25, -0.2) is 0 Å². The first kappa shape index (κ1) is 19.3. The molecule has 3 heterocycles. The smallest absolute Gasteiger partial charge is 0.276 e. The van der Waals surface area contributed by atoms with Gasteiger partial charge in [0.25, 0.3) is 11.8 Å². The number of hydrogen-bond acceptors (Lipinski definition) is 5. The molecule has 0 bridgehead atoms. The number of carbonyl (C=O) groups excluding carboxylic acids is 2. The van der Waals surface area contributed by atoms with E-state index in [9.17, 15) is 9.59 Å². The topological polar surface area (TPSA) is 108 Å². The summed E-state index contributed by atoms with van der Waals surface area (Å²) < 4.78 is 5.37. The minimum Gasteiger partial charge on any atom is -0.368 e. The van der Waals surface area contributed by atoms with Crippen molar-refractivity contribution in [1.82, 2.24) is 15.5 Å². The summed E-state index contributed by atoms with van der Waals surface area (Å²) in [6.45, 7) is 2.16. The molecule has 4 rings (SSSR count). The summed E-state index contributed by atoms with van der Waals surface area (Å²) in [5, 5.41) is 16.0. The standard InChI is InChI=1S/C18H21N5O3.ClH/c24-17(15-2-1-9-26-15)20-11-3-5-12(6-4-11)21-18(25)16-13-10-19-8-7-14(13)22-23-16;/h3-6,15,19H,1-2,7-10H2,(H,20,24)(H,21,25)(H,22,23);1H. The van der Waals surface area contributed by atoms with Crippen molar-refractivity contribution < 1.29 is 14.3 Å². The predicted molar refractivity (Wildman–Crippen MR) is 103 cm³/mol. The lowest BCUT2D eigenvalue weighted by atomic mass is 10.1. The van der Waals surface area contributed by atoms with Crippen molar-refractivity contribution in [3.05, 3.63) is 41.2 Å². The number of aromatic amines is 1. The maximum Gasteiger partial charge on any atom is 0.276 e. The average molecular weight is 392 g/mol. The van der Waals surface area contributed by atoms with E-state index in [1.54, 1.807) is 24.3 Å². The van der Waals surface area contributed by atoms with Gasteiger partial charge in [0.05, 0.1) is 0 Å². The van der Waals surface area contributed by atoms with Crippen molar-refractivity contribution in [1.29, 1.82) is 0 Å². The van der Waals surface area contributed by atoms with Crippen LogP contribution in [0.3, 0.4) is 0 Å². The number of nitrogens with zero attached hydrogens (tertiary/aromatic N) is 1. The molecule has 9 heteroatoms. The second-order valence-corrected chi connectivity index (χ2v) is 6.48. The number of fused-ring (bicyclic) bond motifs is 1. The molecule has 2 aliphatic heterocycles. The summed E-state index contributed by atoms with van der Waals surface area (Å²) in [7, 11) is 0. The first-order valence-electron chi connectivity index (χ1n) is 8.81. The van der Waals surface area contributed by atoms with Crippen LogP contribution in [-0.2, 0) is 22.5 Å². The first-order chi connectivity index (χ1) is 12.7. The van der Waals surface area contributed by atoms with Crippen molar-refractivity contribution in [3.8, 4) is 0 Å². The SMILES string of the molecule is Cl.O=C(Nc1ccc(NC(=O)C2CCCO2)cc1)c1n[nH]c2c1CNCC2. The Hall–Kier alpha value is -2.42. The van der Waals surface area contributed by atoms with Crippen molar-refractivity contribution in [2.24, 2.45) is 0 Å². The summed E-state index contributed by atoms with van der Waals surface area (Å²) >= 11 is 0. The summed E-state index contributed by atoms with van der Waals surface area (Å²) in [6, 6.07) is 7.01. The summed E-state index contributed by atoms with van der Waals surface area (Å²) in [5.74, 6) is -0.378. The van der Waals surface area contributed by atoms with E-state index in [2.05, 4.69) is 26.1 Å². The van der Waals surface area contributed by atoms with Gasteiger partial charge in [-0.05, 0) is 37.1 Å². The number of halogens is 1. The molecule has 1 aromatic carbocycles. The normalized spacial score (nSPS) is 18.3. The number of benzene rings is 1. The Morgan fingerprint density at radius 3 is 2.59 bits per heavy atom. The van der Waals surface area contributed by atoms with Crippen LogP contribution in [0.25, 0.3) is 0 Å². The maximum absolute atomic E-state index is 12.5. The number of aromatic nitrogens is 2. The van der Waals surface area contributed by atoms with Gasteiger partial charge in [0.2, 0.25) is 0 Å². The Kier molecular flexibility index (Phi) is 6.10. The second-order valence-electron chi connectivity index (χ2n) is 6.48. The third-order valence-corrected chi connectivity index (χ3v) is 4.65. The fraction of sp³-hybridized carbons (Fsp3) is 0.389. The van der Waals surface area contributed by atoms with Gasteiger partial charge in [-0.2, -0.15) is 5.10 Å². The second kappa shape index (κ2) is 8.51. The van der Waals surface area contributed by atoms with E-state index < -0.39 is 0 Å². The van der Waals surface area contributed by atoms with Crippen LogP contribution in [0.2, 0.25) is 0 Å². The molecule has 1 aromatic heterocycles. The number of amides is 2. The molecule has 1 atom stereocenters. The van der Waals surface area contributed by atoms with E-state index in [-0.39, 0.29) is 30.3 Å². The van der Waals surface area contributed by atoms with Crippen LogP contribution in [0.5, 0.6) is 0 Å². The van der Waals surface area contributed by atoms with Gasteiger partial charge in [0.15, 0.2) is 5.69 Å². The molecule has 27 heavy (non-hydrogen) atoms. The van der Waals surface area contributed by atoms with E-state index in [1.807, 2.05) is 0 Å². The summed E-state index contributed by atoms with van der Waals surface area (Å²) in [6.07, 6.45) is 2.14. The van der Waals surface area contributed by atoms with Crippen LogP contribution in [0, 0.1) is 0 Å². The molecule has 8 nitrogen and oxygen atoms in total. The van der Waals surface area contributed by atoms with Gasteiger partial charge < -0.3 is 20.7 Å². The number of nitrogens with one attached hydrogen (secondary N) is 4. The molecule has 4 N–H and O–H groups in total. The van der Waals surface area contributed by atoms with Gasteiger partial charge in [0.1, 0.15) is 6.10 Å². The molecule has 2 amide bonds. The third kappa shape index (κ3) is 4.29. The van der Waals surface area contributed by atoms with Crippen LogP contribution >= 0.6 is 12.4 Å². The number of ether oxygens (including phenoxy) is 1. The minimum atomic E-state index is -0.367. The highest BCUT2D eigenvalue weighted by molar-refractivity contribution is 6.04. The lowest BCUT2D eigenvalue weighted by Crippen LogP contribution is -2.26. The zero-order valence-corrected chi connectivity index (χ0v) is 15.5. The molecule has 1 fully saturated rings. The van der Waals surface area contributed by atoms with Gasteiger partial charge in [-0.1, -0.05) is 0 Å². The van der Waals surface area contributed by atoms with E-state index in [4.69, 9.17) is 4.74 Å². The summed E-state index contributed by atoms with van der Waals surface area (Å²) in [4.78, 5) is 24.5. The quantitative estimate of drug-likeness (QED) is 0.636. The zero-order valence-electron chi connectivity index (χ0n) is 14.7. The average Bonchev–Trinajstić information content (AvgIpc) is 3.33. The molecule has 1 unspecified atom stereocenters. The lowest BCUT2D eigenvalue weighted by molar-refractivity contribution is -0.124. The van der Waals surface area contributed by atoms with Crippen LogP contribution in [0.15, 0.2) is 24.3 Å². The van der Waals surface area contributed by atoms with Gasteiger partial charge >= 0.3 is 0 Å². The van der Waals surface area contributed by atoms with Crippen molar-refractivity contribution in [2.45, 2.75) is 31.9 Å². The fourth-order valence-corrected chi connectivity index (χ4v) is 3.25. The van der Waals surface area contributed by atoms with E-state index >= 15 is 0 Å². The Balaban J connectivity index is 0.00000210. The van der Waals surface area contributed by atoms with Crippen LogP contribution in [0.4, 0.5) is 11.4 Å². The molecular weight excluding hydrogens is 370 g/mol. The van der Waals surface area contributed by atoms with Gasteiger partial charge in [0, 0.05) is 48.7 Å². The lowest BCUT2D eigenvalue weighted by Gasteiger charge is -2.13. The number of rotatable bonds is 4. The van der Waals surface area contributed by atoms with E-state index in [1.165, 1.54) is 0 Å². The predicted octanol–water partition coefficient (Wildman–Crippen LogP) is 1.85. The highest BCUT2D eigenvalue weighted by atomic mass is 35.5. The highest BCUT2D eigenvalue weighted by Gasteiger charge is 2.24. The molecule has 0 radical (unpaired) electrons. The van der Waals surface area contributed by atoms with E-state index in [0.29, 0.717) is 30.2 Å². The molecular formula is C18H22ClN5O3. The fourth-order valence-electron chi connectivity index (χ4n) is 3.25. The summed E-state index contributed by atoms with van der Waals surface area (Å²) in [5.41, 5.74) is 3.67. The number of carbonyl (C=O) groups is 2. The Labute approximate surface area is 162 Å². The third-order valence-electron chi connectivity index (χ3n) is 4.65. The Morgan fingerprint density at radius 1 is 1.15 bits per heavy atom. The number of H-pyrrole nitrogens is 1. The van der Waals surface area contributed by atoms with E-state index in [0.717, 1.165) is 37.1 Å². The molecule has 0 aliphatic carbocycles. The number of anilines is 2.